The van der Waals surface area contributed by atoms with Gasteiger partial charge in [0.2, 0.25) is 11.4 Å². The highest BCUT2D eigenvalue weighted by atomic mass is 35.5. The molecule has 0 atom stereocenters. The predicted molar refractivity (Wildman–Crippen MR) is 218 cm³/mol. The Labute approximate surface area is 338 Å². The van der Waals surface area contributed by atoms with Gasteiger partial charge < -0.3 is 31.0 Å². The number of halogens is 4. The van der Waals surface area contributed by atoms with E-state index < -0.39 is 11.6 Å². The number of methoxy groups -OCH3 is 1. The highest BCUT2D eigenvalue weighted by Crippen LogP contribution is 2.38. The number of anilines is 8. The Bertz CT molecular complexity index is 2910. The second kappa shape index (κ2) is 16.8. The second-order valence-electron chi connectivity index (χ2n) is 11.4. The molecule has 14 nitrogen and oxygen atoms in total. The van der Waals surface area contributed by atoms with E-state index in [-0.39, 0.29) is 15.6 Å². The van der Waals surface area contributed by atoms with Crippen molar-refractivity contribution >= 4 is 111 Å². The molecule has 2 aromatic carbocycles. The third-order valence-corrected chi connectivity index (χ3v) is 10.2. The molecule has 0 aliphatic heterocycles. The third kappa shape index (κ3) is 8.80. The maximum absolute atomic E-state index is 13.4. The van der Waals surface area contributed by atoms with Crippen molar-refractivity contribution in [3.8, 4) is 18.0 Å². The van der Waals surface area contributed by atoms with E-state index in [1.165, 1.54) is 83.7 Å². The zero-order chi connectivity index (χ0) is 40.1. The first-order valence-electron chi connectivity index (χ1n) is 16.2. The smallest absolute Gasteiger partial charge is 0.248 e. The number of nitriles is 2. The number of thiazole rings is 2. The number of aromatic nitrogens is 6. The maximum atomic E-state index is 13.4. The van der Waals surface area contributed by atoms with Gasteiger partial charge in [0.25, 0.3) is 0 Å². The number of ether oxygens (including phenoxy) is 1. The number of pyridine rings is 4. The largest absolute Gasteiger partial charge is 0.481 e. The molecule has 282 valence electrons. The normalized spacial score (nSPS) is 10.6. The van der Waals surface area contributed by atoms with Crippen LogP contribution < -0.4 is 31.6 Å². The number of benzene rings is 2. The summed E-state index contributed by atoms with van der Waals surface area (Å²) in [5, 5.41) is 32.5. The van der Waals surface area contributed by atoms with Crippen molar-refractivity contribution in [1.82, 2.24) is 29.9 Å². The van der Waals surface area contributed by atoms with Crippen LogP contribution in [0.5, 0.6) is 5.88 Å². The zero-order valence-corrected chi connectivity index (χ0v) is 32.0. The average Bonchev–Trinajstić information content (AvgIpc) is 3.83. The first kappa shape index (κ1) is 38.3. The lowest BCUT2D eigenvalue weighted by Crippen LogP contribution is -2.02. The minimum Gasteiger partial charge on any atom is -0.481 e. The van der Waals surface area contributed by atoms with Gasteiger partial charge in [-0.3, -0.25) is 4.79 Å². The molecular formula is C37H22Cl2F2N12O2S2. The Hall–Kier alpha value is -6.96. The second-order valence-corrected chi connectivity index (χ2v) is 14.3. The summed E-state index contributed by atoms with van der Waals surface area (Å²) in [4.78, 5) is 35.2. The van der Waals surface area contributed by atoms with Gasteiger partial charge in [0, 0.05) is 42.1 Å². The Kier molecular flexibility index (Phi) is 11.3. The molecule has 0 spiro atoms. The fourth-order valence-electron chi connectivity index (χ4n) is 5.02. The van der Waals surface area contributed by atoms with Crippen LogP contribution in [-0.4, -0.2) is 37.0 Å². The van der Waals surface area contributed by atoms with E-state index in [4.69, 9.17) is 27.9 Å². The Morgan fingerprint density at radius 1 is 0.684 bits per heavy atom. The molecule has 57 heavy (non-hydrogen) atoms. The van der Waals surface area contributed by atoms with E-state index in [2.05, 4.69) is 63.3 Å². The van der Waals surface area contributed by atoms with E-state index in [1.54, 1.807) is 25.4 Å². The molecule has 20 heteroatoms. The molecule has 0 saturated heterocycles. The molecule has 5 N–H and O–H groups in total. The quantitative estimate of drug-likeness (QED) is 0.0920. The molecule has 0 aliphatic carbocycles. The number of H-pyrrole nitrogens is 1. The van der Waals surface area contributed by atoms with Crippen molar-refractivity contribution in [2.75, 3.05) is 28.4 Å². The van der Waals surface area contributed by atoms with E-state index in [0.717, 1.165) is 5.69 Å². The van der Waals surface area contributed by atoms with Crippen molar-refractivity contribution in [2.45, 2.75) is 0 Å². The number of aromatic amines is 1. The number of hydrogen-bond acceptors (Lipinski definition) is 15. The van der Waals surface area contributed by atoms with E-state index >= 15 is 0 Å². The van der Waals surface area contributed by atoms with Gasteiger partial charge in [-0.1, -0.05) is 45.9 Å². The molecule has 0 fully saturated rings. The summed E-state index contributed by atoms with van der Waals surface area (Å²) >= 11 is 14.3. The van der Waals surface area contributed by atoms with Gasteiger partial charge in [0.05, 0.1) is 57.2 Å². The molecule has 6 heterocycles. The van der Waals surface area contributed by atoms with Crippen LogP contribution in [0.3, 0.4) is 0 Å². The van der Waals surface area contributed by atoms with Crippen molar-refractivity contribution in [3.05, 3.63) is 129 Å². The summed E-state index contributed by atoms with van der Waals surface area (Å²) in [5.41, 5.74) is 4.82. The Morgan fingerprint density at radius 3 is 1.63 bits per heavy atom. The van der Waals surface area contributed by atoms with Gasteiger partial charge in [0.1, 0.15) is 33.2 Å². The molecule has 8 aromatic rings. The van der Waals surface area contributed by atoms with Gasteiger partial charge >= 0.3 is 0 Å². The number of hydrogen-bond donors (Lipinski definition) is 5. The number of nitrogens with zero attached hydrogens (tertiary/aromatic N) is 7. The van der Waals surface area contributed by atoms with Crippen LogP contribution in [0, 0.1) is 34.3 Å². The summed E-state index contributed by atoms with van der Waals surface area (Å²) in [5.74, 6) is -0.544. The lowest BCUT2D eigenvalue weighted by Gasteiger charge is -2.09. The van der Waals surface area contributed by atoms with Crippen molar-refractivity contribution in [3.63, 3.8) is 0 Å². The average molecular weight is 840 g/mol. The van der Waals surface area contributed by atoms with E-state index in [9.17, 15) is 24.1 Å². The van der Waals surface area contributed by atoms with Crippen molar-refractivity contribution < 1.29 is 13.5 Å². The van der Waals surface area contributed by atoms with E-state index in [0.29, 0.717) is 76.4 Å². The topological polar surface area (TPSA) is 202 Å². The molecule has 0 saturated carbocycles. The summed E-state index contributed by atoms with van der Waals surface area (Å²) in [6, 6.07) is 19.2. The SMILES string of the molecule is COc1ccc(Nc2nc3ncc(C#N)c(Nc4ccc(F)c(Cl)c4)c3s2)cn1.N#Cc1cnc2nc(Nc3ccc(=O)[nH]c3)sc2c1Nc1ccc(F)c(Cl)c1. The van der Waals surface area contributed by atoms with Crippen molar-refractivity contribution in [2.24, 2.45) is 0 Å². The van der Waals surface area contributed by atoms with Gasteiger partial charge in [-0.2, -0.15) is 20.5 Å². The standard InChI is InChI=1S/C19H12ClFN6OS.C18H10ClFN6OS/c1-28-15-5-3-12(9-23-15)26-19-27-18-17(29-19)16(10(7-22)8-24-18)25-11-2-4-14(21)13(20)6-11;19-12-5-10(1-3-13(12)20)24-15-9(6-21)7-23-17-16(15)28-18(26-17)25-11-2-4-14(27)22-8-11/h2-6,8-9H,1H3,(H2,24,25,26,27);1-5,7-8H,(H,22,27)(H2,23,24,25,26). The fourth-order valence-corrected chi connectivity index (χ4v) is 7.28. The minimum atomic E-state index is -0.530. The number of nitrogens with one attached hydrogen (secondary N) is 5. The maximum Gasteiger partial charge on any atom is 0.248 e. The summed E-state index contributed by atoms with van der Waals surface area (Å²) in [7, 11) is 1.55. The van der Waals surface area contributed by atoms with Crippen LogP contribution in [0.25, 0.3) is 20.7 Å². The van der Waals surface area contributed by atoms with Crippen LogP contribution in [-0.2, 0) is 0 Å². The van der Waals surface area contributed by atoms with Crippen LogP contribution >= 0.6 is 45.9 Å². The molecule has 6 aromatic heterocycles. The lowest BCUT2D eigenvalue weighted by molar-refractivity contribution is 0.398. The zero-order valence-electron chi connectivity index (χ0n) is 28.9. The van der Waals surface area contributed by atoms with Gasteiger partial charge in [-0.05, 0) is 48.5 Å². The number of fused-ring (bicyclic) bond motifs is 2. The Balaban J connectivity index is 0.000000174. The van der Waals surface area contributed by atoms with Crippen molar-refractivity contribution in [1.29, 1.82) is 10.5 Å². The fraction of sp³-hybridized carbons (Fsp3) is 0.0270. The lowest BCUT2D eigenvalue weighted by atomic mass is 10.2. The monoisotopic (exact) mass is 838 g/mol. The molecule has 0 bridgehead atoms. The highest BCUT2D eigenvalue weighted by Gasteiger charge is 2.17. The highest BCUT2D eigenvalue weighted by molar-refractivity contribution is 7.23. The summed E-state index contributed by atoms with van der Waals surface area (Å²) in [6.07, 6.45) is 6.01. The first-order chi connectivity index (χ1) is 27.6. The number of rotatable bonds is 9. The summed E-state index contributed by atoms with van der Waals surface area (Å²) in [6.45, 7) is 0. The van der Waals surface area contributed by atoms with Crippen LogP contribution in [0.4, 0.5) is 53.2 Å². The first-order valence-corrected chi connectivity index (χ1v) is 18.6. The van der Waals surface area contributed by atoms with E-state index in [1.807, 2.05) is 6.07 Å². The van der Waals surface area contributed by atoms with Crippen LogP contribution in [0.15, 0.2) is 90.2 Å². The molecule has 0 radical (unpaired) electrons. The minimum absolute atomic E-state index is 0.0162. The molecule has 8 rings (SSSR count). The predicted octanol–water partition coefficient (Wildman–Crippen LogP) is 9.78. The van der Waals surface area contributed by atoms with Crippen LogP contribution in [0.2, 0.25) is 10.0 Å². The third-order valence-electron chi connectivity index (χ3n) is 7.69. The molecule has 0 unspecified atom stereocenters. The van der Waals surface area contributed by atoms with Gasteiger partial charge in [-0.25, -0.2) is 23.7 Å². The molecule has 0 aliphatic rings. The Morgan fingerprint density at radius 2 is 1.19 bits per heavy atom. The van der Waals surface area contributed by atoms with Gasteiger partial charge in [-0.15, -0.1) is 0 Å². The van der Waals surface area contributed by atoms with Crippen LogP contribution in [0.1, 0.15) is 11.1 Å². The summed E-state index contributed by atoms with van der Waals surface area (Å²) < 4.78 is 33.2. The molecule has 0 amide bonds. The molecular weight excluding hydrogens is 818 g/mol. The van der Waals surface area contributed by atoms with Gasteiger partial charge in [0.15, 0.2) is 21.6 Å².